The van der Waals surface area contributed by atoms with Gasteiger partial charge >= 0.3 is 0 Å². The molecule has 72 valence electrons. The number of hydrogen-bond donors (Lipinski definition) is 1. The number of hydrogen-bond acceptors (Lipinski definition) is 5. The normalized spacial score (nSPS) is 9.14. The van der Waals surface area contributed by atoms with Crippen molar-refractivity contribution in [2.75, 3.05) is 12.8 Å². The summed E-state index contributed by atoms with van der Waals surface area (Å²) in [4.78, 5) is 9.81. The summed E-state index contributed by atoms with van der Waals surface area (Å²) in [5.74, 6) is 0.165. The number of ether oxygens (including phenoxy) is 1. The van der Waals surface area contributed by atoms with Gasteiger partial charge in [0, 0.05) is 12.1 Å². The van der Waals surface area contributed by atoms with E-state index >= 15 is 0 Å². The standard InChI is InChI=1S/C8H7N3O3/c1-14-8-5(4-9)2-6(11(12)13)3-7(8)10/h2-3H,10H2,1H3. The van der Waals surface area contributed by atoms with Crippen LogP contribution in [0.25, 0.3) is 0 Å². The van der Waals surface area contributed by atoms with Gasteiger partial charge in [0.15, 0.2) is 5.75 Å². The van der Waals surface area contributed by atoms with Crippen molar-refractivity contribution >= 4 is 11.4 Å². The molecule has 0 fully saturated rings. The topological polar surface area (TPSA) is 102 Å². The first-order valence-corrected chi connectivity index (χ1v) is 3.62. The fourth-order valence-electron chi connectivity index (χ4n) is 1.05. The predicted octanol–water partition coefficient (Wildman–Crippen LogP) is 1.06. The number of nitrogen functional groups attached to an aromatic ring is 1. The number of nitrogens with two attached hydrogens (primary N) is 1. The smallest absolute Gasteiger partial charge is 0.273 e. The van der Waals surface area contributed by atoms with Crippen molar-refractivity contribution in [1.29, 1.82) is 5.26 Å². The highest BCUT2D eigenvalue weighted by molar-refractivity contribution is 5.65. The molecule has 0 saturated heterocycles. The van der Waals surface area contributed by atoms with E-state index in [1.807, 2.05) is 0 Å². The molecular formula is C8H7N3O3. The minimum atomic E-state index is -0.614. The lowest BCUT2D eigenvalue weighted by Crippen LogP contribution is -1.98. The summed E-state index contributed by atoms with van der Waals surface area (Å²) in [7, 11) is 1.35. The quantitative estimate of drug-likeness (QED) is 0.429. The Morgan fingerprint density at radius 2 is 2.29 bits per heavy atom. The van der Waals surface area contributed by atoms with E-state index in [0.29, 0.717) is 0 Å². The Bertz CT molecular complexity index is 423. The van der Waals surface area contributed by atoms with Crippen LogP contribution in [0, 0.1) is 21.4 Å². The van der Waals surface area contributed by atoms with Crippen LogP contribution >= 0.6 is 0 Å². The maximum absolute atomic E-state index is 10.4. The summed E-state index contributed by atoms with van der Waals surface area (Å²) in [6.45, 7) is 0. The molecule has 0 aliphatic heterocycles. The van der Waals surface area contributed by atoms with Gasteiger partial charge in [0.25, 0.3) is 5.69 Å². The molecule has 0 aromatic heterocycles. The number of rotatable bonds is 2. The molecule has 0 aliphatic rings. The van der Waals surface area contributed by atoms with Gasteiger partial charge in [-0.25, -0.2) is 0 Å². The lowest BCUT2D eigenvalue weighted by Gasteiger charge is -2.05. The number of nitrogens with zero attached hydrogens (tertiary/aromatic N) is 2. The molecule has 6 nitrogen and oxygen atoms in total. The number of nitriles is 1. The molecule has 0 radical (unpaired) electrons. The Kier molecular flexibility index (Phi) is 2.53. The minimum absolute atomic E-state index is 0.0548. The fourth-order valence-corrected chi connectivity index (χ4v) is 1.05. The van der Waals surface area contributed by atoms with Gasteiger partial charge < -0.3 is 10.5 Å². The highest BCUT2D eigenvalue weighted by Gasteiger charge is 2.14. The molecule has 1 rings (SSSR count). The maximum Gasteiger partial charge on any atom is 0.273 e. The van der Waals surface area contributed by atoms with Crippen molar-refractivity contribution in [2.24, 2.45) is 0 Å². The van der Waals surface area contributed by atoms with E-state index in [2.05, 4.69) is 0 Å². The lowest BCUT2D eigenvalue weighted by atomic mass is 10.1. The molecule has 14 heavy (non-hydrogen) atoms. The van der Waals surface area contributed by atoms with Gasteiger partial charge in [-0.15, -0.1) is 0 Å². The molecular weight excluding hydrogens is 186 g/mol. The van der Waals surface area contributed by atoms with E-state index in [0.717, 1.165) is 12.1 Å². The molecule has 6 heteroatoms. The Morgan fingerprint density at radius 1 is 1.64 bits per heavy atom. The van der Waals surface area contributed by atoms with Gasteiger partial charge in [0.2, 0.25) is 0 Å². The van der Waals surface area contributed by atoms with Gasteiger partial charge in [-0.3, -0.25) is 10.1 Å². The van der Waals surface area contributed by atoms with Crippen LogP contribution in [0.1, 0.15) is 5.56 Å². The molecule has 1 aromatic carbocycles. The lowest BCUT2D eigenvalue weighted by molar-refractivity contribution is -0.384. The molecule has 0 atom stereocenters. The van der Waals surface area contributed by atoms with E-state index in [1.165, 1.54) is 7.11 Å². The van der Waals surface area contributed by atoms with Crippen LogP contribution in [0.2, 0.25) is 0 Å². The van der Waals surface area contributed by atoms with Crippen molar-refractivity contribution in [2.45, 2.75) is 0 Å². The minimum Gasteiger partial charge on any atom is -0.493 e. The number of nitro benzene ring substituents is 1. The van der Waals surface area contributed by atoms with Crippen LogP contribution in [0.15, 0.2) is 12.1 Å². The third kappa shape index (κ3) is 1.56. The SMILES string of the molecule is COc1c(N)cc([N+](=O)[O-])cc1C#N. The first kappa shape index (κ1) is 9.80. The zero-order valence-electron chi connectivity index (χ0n) is 7.35. The van der Waals surface area contributed by atoms with Gasteiger partial charge in [0.05, 0.1) is 17.7 Å². The van der Waals surface area contributed by atoms with Gasteiger partial charge in [-0.2, -0.15) is 5.26 Å². The van der Waals surface area contributed by atoms with E-state index in [4.69, 9.17) is 15.7 Å². The van der Waals surface area contributed by atoms with Gasteiger partial charge in [-0.05, 0) is 0 Å². The molecule has 0 aliphatic carbocycles. The number of methoxy groups -OCH3 is 1. The zero-order chi connectivity index (χ0) is 10.7. The molecule has 0 amide bonds. The summed E-state index contributed by atoms with van der Waals surface area (Å²) >= 11 is 0. The van der Waals surface area contributed by atoms with E-state index in [1.54, 1.807) is 6.07 Å². The second kappa shape index (κ2) is 3.62. The van der Waals surface area contributed by atoms with Crippen LogP contribution in [-0.4, -0.2) is 12.0 Å². The van der Waals surface area contributed by atoms with Crippen molar-refractivity contribution in [3.8, 4) is 11.8 Å². The Morgan fingerprint density at radius 3 is 2.71 bits per heavy atom. The third-order valence-corrected chi connectivity index (χ3v) is 1.64. The van der Waals surface area contributed by atoms with E-state index in [9.17, 15) is 10.1 Å². The van der Waals surface area contributed by atoms with Crippen molar-refractivity contribution in [3.05, 3.63) is 27.8 Å². The van der Waals surface area contributed by atoms with Crippen molar-refractivity contribution in [1.82, 2.24) is 0 Å². The molecule has 0 heterocycles. The summed E-state index contributed by atoms with van der Waals surface area (Å²) < 4.78 is 4.83. The van der Waals surface area contributed by atoms with Crippen molar-refractivity contribution < 1.29 is 9.66 Å². The first-order valence-electron chi connectivity index (χ1n) is 3.62. The molecule has 0 spiro atoms. The molecule has 1 aromatic rings. The van der Waals surface area contributed by atoms with Crippen LogP contribution in [0.4, 0.5) is 11.4 Å². The van der Waals surface area contributed by atoms with E-state index < -0.39 is 4.92 Å². The fraction of sp³-hybridized carbons (Fsp3) is 0.125. The maximum atomic E-state index is 10.4. The summed E-state index contributed by atoms with van der Waals surface area (Å²) in [6, 6.07) is 4.05. The summed E-state index contributed by atoms with van der Waals surface area (Å²) in [6.07, 6.45) is 0. The highest BCUT2D eigenvalue weighted by atomic mass is 16.6. The van der Waals surface area contributed by atoms with E-state index in [-0.39, 0.29) is 22.7 Å². The third-order valence-electron chi connectivity index (χ3n) is 1.64. The van der Waals surface area contributed by atoms with Crippen LogP contribution < -0.4 is 10.5 Å². The van der Waals surface area contributed by atoms with Gasteiger partial charge in [-0.1, -0.05) is 0 Å². The zero-order valence-corrected chi connectivity index (χ0v) is 7.35. The van der Waals surface area contributed by atoms with Gasteiger partial charge in [0.1, 0.15) is 11.6 Å². The second-order valence-electron chi connectivity index (χ2n) is 2.48. The molecule has 2 N–H and O–H groups in total. The number of non-ortho nitro benzene ring substituents is 1. The largest absolute Gasteiger partial charge is 0.493 e. The first-order chi connectivity index (χ1) is 6.60. The predicted molar refractivity (Wildman–Crippen MR) is 48.8 cm³/mol. The number of nitro groups is 1. The van der Waals surface area contributed by atoms with Crippen molar-refractivity contribution in [3.63, 3.8) is 0 Å². The average Bonchev–Trinajstić information content (AvgIpc) is 2.16. The van der Waals surface area contributed by atoms with Crippen LogP contribution in [0.5, 0.6) is 5.75 Å². The van der Waals surface area contributed by atoms with Crippen LogP contribution in [0.3, 0.4) is 0 Å². The van der Waals surface area contributed by atoms with Crippen LogP contribution in [-0.2, 0) is 0 Å². The summed E-state index contributed by atoms with van der Waals surface area (Å²) in [5.41, 5.74) is 5.38. The molecule has 0 bridgehead atoms. The Balaban J connectivity index is 3.41. The average molecular weight is 193 g/mol. The number of benzene rings is 1. The summed E-state index contributed by atoms with van der Waals surface area (Å²) in [5, 5.41) is 19.1. The molecule has 0 saturated carbocycles. The monoisotopic (exact) mass is 193 g/mol. The molecule has 0 unspecified atom stereocenters. The Labute approximate surface area is 79.7 Å². The number of anilines is 1. The highest BCUT2D eigenvalue weighted by Crippen LogP contribution is 2.30. The second-order valence-corrected chi connectivity index (χ2v) is 2.48. The Hall–Kier alpha value is -2.29.